The molecule has 0 spiro atoms. The molecule has 1 unspecified atom stereocenters. The van der Waals surface area contributed by atoms with Gasteiger partial charge in [0.2, 0.25) is 5.82 Å². The summed E-state index contributed by atoms with van der Waals surface area (Å²) < 4.78 is 16.2. The first kappa shape index (κ1) is 15.3. The maximum atomic E-state index is 5.95. The van der Waals surface area contributed by atoms with Crippen molar-refractivity contribution in [1.29, 1.82) is 0 Å². The second kappa shape index (κ2) is 7.58. The van der Waals surface area contributed by atoms with Crippen molar-refractivity contribution in [2.45, 2.75) is 18.9 Å². The molecule has 6 nitrogen and oxygen atoms in total. The van der Waals surface area contributed by atoms with Crippen LogP contribution >= 0.6 is 11.6 Å². The van der Waals surface area contributed by atoms with Crippen molar-refractivity contribution in [2.75, 3.05) is 31.7 Å². The van der Waals surface area contributed by atoms with Crippen LogP contribution in [0.2, 0.25) is 5.02 Å². The number of halogens is 1. The zero-order chi connectivity index (χ0) is 15.2. The Morgan fingerprint density at radius 3 is 3.18 bits per heavy atom. The van der Waals surface area contributed by atoms with E-state index in [9.17, 15) is 0 Å². The molecular weight excluding hydrogens is 306 g/mol. The highest BCUT2D eigenvalue weighted by Gasteiger charge is 2.15. The molecule has 7 heteroatoms. The summed E-state index contributed by atoms with van der Waals surface area (Å²) in [6.07, 6.45) is 2.46. The van der Waals surface area contributed by atoms with Gasteiger partial charge in [0, 0.05) is 23.7 Å². The molecule has 0 saturated carbocycles. The highest BCUT2D eigenvalue weighted by atomic mass is 35.5. The van der Waals surface area contributed by atoms with Crippen LogP contribution in [0.5, 0.6) is 0 Å². The molecule has 1 saturated heterocycles. The number of nitrogens with zero attached hydrogens (tertiary/aromatic N) is 2. The number of benzene rings is 1. The Labute approximate surface area is 133 Å². The summed E-state index contributed by atoms with van der Waals surface area (Å²) in [6.45, 7) is 2.65. The monoisotopic (exact) mass is 323 g/mol. The van der Waals surface area contributed by atoms with Gasteiger partial charge in [-0.3, -0.25) is 0 Å². The number of nitrogens with one attached hydrogen (secondary N) is 1. The van der Waals surface area contributed by atoms with Crippen LogP contribution in [0.15, 0.2) is 28.8 Å². The van der Waals surface area contributed by atoms with Crippen LogP contribution in [0, 0.1) is 0 Å². The molecule has 1 aliphatic heterocycles. The van der Waals surface area contributed by atoms with E-state index < -0.39 is 0 Å². The van der Waals surface area contributed by atoms with Gasteiger partial charge in [0.15, 0.2) is 0 Å². The van der Waals surface area contributed by atoms with E-state index >= 15 is 0 Å². The van der Waals surface area contributed by atoms with Gasteiger partial charge in [0.1, 0.15) is 0 Å². The van der Waals surface area contributed by atoms with Crippen LogP contribution in [0.25, 0.3) is 11.4 Å². The lowest BCUT2D eigenvalue weighted by Crippen LogP contribution is -2.17. The molecule has 3 rings (SSSR count). The van der Waals surface area contributed by atoms with Gasteiger partial charge >= 0.3 is 6.01 Å². The van der Waals surface area contributed by atoms with Gasteiger partial charge in [-0.1, -0.05) is 28.9 Å². The predicted molar refractivity (Wildman–Crippen MR) is 83.0 cm³/mol. The van der Waals surface area contributed by atoms with Gasteiger partial charge in [-0.25, -0.2) is 0 Å². The Morgan fingerprint density at radius 1 is 1.41 bits per heavy atom. The van der Waals surface area contributed by atoms with Crippen LogP contribution in [-0.2, 0) is 9.47 Å². The largest absolute Gasteiger partial charge is 0.377 e. The third-order valence-electron chi connectivity index (χ3n) is 3.36. The Kier molecular flexibility index (Phi) is 5.26. The smallest absolute Gasteiger partial charge is 0.321 e. The molecule has 2 heterocycles. The number of hydrogen-bond acceptors (Lipinski definition) is 6. The van der Waals surface area contributed by atoms with Crippen LogP contribution in [0.1, 0.15) is 12.8 Å². The average Bonchev–Trinajstić information content (AvgIpc) is 3.18. The number of rotatable bonds is 7. The fraction of sp³-hybridized carbons (Fsp3) is 0.467. The van der Waals surface area contributed by atoms with Crippen LogP contribution in [-0.4, -0.2) is 42.6 Å². The molecule has 1 atom stereocenters. The van der Waals surface area contributed by atoms with Crippen molar-refractivity contribution >= 4 is 17.6 Å². The van der Waals surface area contributed by atoms with Crippen LogP contribution in [0.3, 0.4) is 0 Å². The lowest BCUT2D eigenvalue weighted by atomic mass is 10.2. The third-order valence-corrected chi connectivity index (χ3v) is 3.59. The van der Waals surface area contributed by atoms with Gasteiger partial charge in [0.25, 0.3) is 0 Å². The van der Waals surface area contributed by atoms with E-state index in [0.717, 1.165) is 25.0 Å². The quantitative estimate of drug-likeness (QED) is 0.790. The summed E-state index contributed by atoms with van der Waals surface area (Å²) in [6, 6.07) is 7.69. The fourth-order valence-corrected chi connectivity index (χ4v) is 2.45. The Hall–Kier alpha value is -1.63. The first-order valence-electron chi connectivity index (χ1n) is 7.34. The lowest BCUT2D eigenvalue weighted by molar-refractivity contribution is 0.0205. The second-order valence-electron chi connectivity index (χ2n) is 5.07. The molecule has 0 bridgehead atoms. The van der Waals surface area contributed by atoms with Gasteiger partial charge in [-0.15, -0.1) is 0 Å². The molecule has 22 heavy (non-hydrogen) atoms. The molecular formula is C15H18ClN3O3. The summed E-state index contributed by atoms with van der Waals surface area (Å²) in [4.78, 5) is 4.27. The van der Waals surface area contributed by atoms with Gasteiger partial charge in [0.05, 0.1) is 19.3 Å². The van der Waals surface area contributed by atoms with E-state index in [-0.39, 0.29) is 6.10 Å². The van der Waals surface area contributed by atoms with Gasteiger partial charge < -0.3 is 19.3 Å². The van der Waals surface area contributed by atoms with Crippen LogP contribution in [0.4, 0.5) is 6.01 Å². The zero-order valence-corrected chi connectivity index (χ0v) is 12.9. The molecule has 1 aromatic heterocycles. The second-order valence-corrected chi connectivity index (χ2v) is 5.51. The van der Waals surface area contributed by atoms with Crippen molar-refractivity contribution < 1.29 is 14.0 Å². The number of ether oxygens (including phenoxy) is 2. The maximum Gasteiger partial charge on any atom is 0.321 e. The molecule has 118 valence electrons. The molecule has 0 aliphatic carbocycles. The minimum absolute atomic E-state index is 0.248. The zero-order valence-electron chi connectivity index (χ0n) is 12.1. The Balaban J connectivity index is 1.42. The fourth-order valence-electron chi connectivity index (χ4n) is 2.26. The van der Waals surface area contributed by atoms with E-state index in [1.807, 2.05) is 12.1 Å². The number of hydrogen-bond donors (Lipinski definition) is 1. The van der Waals surface area contributed by atoms with Crippen molar-refractivity contribution in [2.24, 2.45) is 0 Å². The van der Waals surface area contributed by atoms with Crippen LogP contribution < -0.4 is 5.32 Å². The molecule has 2 aromatic rings. The Bertz CT molecular complexity index is 599. The van der Waals surface area contributed by atoms with Crippen molar-refractivity contribution in [3.05, 3.63) is 29.3 Å². The summed E-state index contributed by atoms with van der Waals surface area (Å²) in [5, 5.41) is 7.60. The molecule has 0 radical (unpaired) electrons. The van der Waals surface area contributed by atoms with E-state index in [4.69, 9.17) is 25.6 Å². The topological polar surface area (TPSA) is 69.4 Å². The summed E-state index contributed by atoms with van der Waals surface area (Å²) >= 11 is 5.95. The van der Waals surface area contributed by atoms with E-state index in [0.29, 0.717) is 36.6 Å². The third kappa shape index (κ3) is 4.19. The van der Waals surface area contributed by atoms with E-state index in [2.05, 4.69) is 15.5 Å². The molecule has 1 aromatic carbocycles. The maximum absolute atomic E-state index is 5.95. The first-order chi connectivity index (χ1) is 10.8. The summed E-state index contributed by atoms with van der Waals surface area (Å²) in [7, 11) is 0. The summed E-state index contributed by atoms with van der Waals surface area (Å²) in [5.74, 6) is 0.505. The standard InChI is InChI=1S/C15H18ClN3O3/c16-12-4-1-3-11(9-12)14-18-15(22-19-14)17-6-8-20-10-13-5-2-7-21-13/h1,3-4,9,13H,2,5-8,10H2,(H,17,18,19). The van der Waals surface area contributed by atoms with Crippen molar-refractivity contribution in [1.82, 2.24) is 10.1 Å². The molecule has 1 fully saturated rings. The highest BCUT2D eigenvalue weighted by Crippen LogP contribution is 2.21. The van der Waals surface area contributed by atoms with Crippen molar-refractivity contribution in [3.8, 4) is 11.4 Å². The van der Waals surface area contributed by atoms with Crippen molar-refractivity contribution in [3.63, 3.8) is 0 Å². The first-order valence-corrected chi connectivity index (χ1v) is 7.72. The van der Waals surface area contributed by atoms with Gasteiger partial charge in [-0.05, 0) is 25.0 Å². The minimum Gasteiger partial charge on any atom is -0.377 e. The normalized spacial score (nSPS) is 17.8. The highest BCUT2D eigenvalue weighted by molar-refractivity contribution is 6.30. The van der Waals surface area contributed by atoms with E-state index in [1.165, 1.54) is 0 Å². The lowest BCUT2D eigenvalue weighted by Gasteiger charge is -2.09. The minimum atomic E-state index is 0.248. The molecule has 1 aliphatic rings. The number of anilines is 1. The van der Waals surface area contributed by atoms with Gasteiger partial charge in [-0.2, -0.15) is 4.98 Å². The van der Waals surface area contributed by atoms with E-state index in [1.54, 1.807) is 12.1 Å². The molecule has 0 amide bonds. The summed E-state index contributed by atoms with van der Waals surface area (Å²) in [5.41, 5.74) is 0.818. The average molecular weight is 324 g/mol. The number of aromatic nitrogens is 2. The predicted octanol–water partition coefficient (Wildman–Crippen LogP) is 3.00. The Morgan fingerprint density at radius 2 is 2.36 bits per heavy atom. The molecule has 1 N–H and O–H groups in total. The SMILES string of the molecule is Clc1cccc(-c2noc(NCCOCC3CCCO3)n2)c1.